The number of hydrogen-bond acceptors (Lipinski definition) is 5. The van der Waals surface area contributed by atoms with Gasteiger partial charge < -0.3 is 19.1 Å². The Hall–Kier alpha value is -4.12. The number of carbonyl (C=O) groups excluding carboxylic acids is 1. The molecular weight excluding hydrogens is 447 g/mol. The summed E-state index contributed by atoms with van der Waals surface area (Å²) >= 11 is 0. The number of fused-ring (bicyclic) bond motifs is 1. The molecule has 3 aromatic rings. The van der Waals surface area contributed by atoms with Crippen molar-refractivity contribution in [3.8, 4) is 6.07 Å². The number of nitriles is 1. The van der Waals surface area contributed by atoms with Crippen molar-refractivity contribution in [3.05, 3.63) is 87.2 Å². The normalized spacial score (nSPS) is 15.6. The topological polar surface area (TPSA) is 78.6 Å². The molecule has 3 heterocycles. The molecule has 1 aromatic heterocycles. The van der Waals surface area contributed by atoms with Gasteiger partial charge in [-0.05, 0) is 42.8 Å². The summed E-state index contributed by atoms with van der Waals surface area (Å²) in [6, 6.07) is 14.0. The number of nitrogens with zero attached hydrogens (tertiary/aromatic N) is 4. The maximum Gasteiger partial charge on any atom is 0.288 e. The number of ether oxygens (including phenoxy) is 1. The number of rotatable bonds is 4. The maximum absolute atomic E-state index is 13.5. The van der Waals surface area contributed by atoms with E-state index in [0.29, 0.717) is 49.7 Å². The molecule has 8 heteroatoms. The maximum atomic E-state index is 13.5. The van der Waals surface area contributed by atoms with E-state index in [0.717, 1.165) is 22.9 Å². The number of benzene rings is 2. The standard InChI is InChI=1S/C27H25FN4O3/c1-18-4-9-23-21(15-18)25(30-10-12-31(13-11-30)27(34)24-3-2-14-35-24)22(16-29)26(33)32(23)17-19-5-7-20(28)8-6-19/h3-9,15H,2,10-14,17H2,1H3. The van der Waals surface area contributed by atoms with Crippen molar-refractivity contribution in [3.63, 3.8) is 0 Å². The van der Waals surface area contributed by atoms with Gasteiger partial charge in [0.1, 0.15) is 17.4 Å². The molecule has 2 aliphatic heterocycles. The van der Waals surface area contributed by atoms with Crippen LogP contribution in [0.2, 0.25) is 0 Å². The minimum absolute atomic E-state index is 0.0758. The van der Waals surface area contributed by atoms with Crippen LogP contribution in [-0.2, 0) is 16.1 Å². The summed E-state index contributed by atoms with van der Waals surface area (Å²) < 4.78 is 20.4. The van der Waals surface area contributed by atoms with Crippen LogP contribution >= 0.6 is 0 Å². The van der Waals surface area contributed by atoms with Crippen molar-refractivity contribution >= 4 is 22.5 Å². The summed E-state index contributed by atoms with van der Waals surface area (Å²) in [7, 11) is 0. The van der Waals surface area contributed by atoms with E-state index in [4.69, 9.17) is 4.74 Å². The van der Waals surface area contributed by atoms with Crippen LogP contribution in [0.3, 0.4) is 0 Å². The number of anilines is 1. The molecule has 2 aliphatic rings. The lowest BCUT2D eigenvalue weighted by atomic mass is 10.0. The molecule has 5 rings (SSSR count). The molecular formula is C27H25FN4O3. The number of carbonyl (C=O) groups is 1. The highest BCUT2D eigenvalue weighted by Crippen LogP contribution is 2.31. The van der Waals surface area contributed by atoms with Crippen molar-refractivity contribution in [1.29, 1.82) is 5.26 Å². The zero-order valence-electron chi connectivity index (χ0n) is 19.5. The predicted molar refractivity (Wildman–Crippen MR) is 131 cm³/mol. The molecule has 0 radical (unpaired) electrons. The van der Waals surface area contributed by atoms with Gasteiger partial charge in [0, 0.05) is 38.0 Å². The van der Waals surface area contributed by atoms with E-state index in [1.165, 1.54) is 12.1 Å². The Morgan fingerprint density at radius 3 is 2.51 bits per heavy atom. The highest BCUT2D eigenvalue weighted by molar-refractivity contribution is 5.96. The highest BCUT2D eigenvalue weighted by atomic mass is 19.1. The van der Waals surface area contributed by atoms with Gasteiger partial charge in [-0.25, -0.2) is 4.39 Å². The first kappa shape index (κ1) is 22.7. The van der Waals surface area contributed by atoms with Crippen molar-refractivity contribution in [2.45, 2.75) is 19.9 Å². The average Bonchev–Trinajstić information content (AvgIpc) is 3.41. The Morgan fingerprint density at radius 1 is 1.11 bits per heavy atom. The molecule has 0 unspecified atom stereocenters. The van der Waals surface area contributed by atoms with E-state index < -0.39 is 0 Å². The van der Waals surface area contributed by atoms with Gasteiger partial charge in [0.15, 0.2) is 5.76 Å². The van der Waals surface area contributed by atoms with Gasteiger partial charge in [0.25, 0.3) is 11.5 Å². The smallest absolute Gasteiger partial charge is 0.288 e. The minimum atomic E-state index is -0.383. The average molecular weight is 473 g/mol. The number of aryl methyl sites for hydroxylation is 1. The van der Waals surface area contributed by atoms with E-state index in [1.54, 1.807) is 21.6 Å². The lowest BCUT2D eigenvalue weighted by Crippen LogP contribution is -2.50. The largest absolute Gasteiger partial charge is 0.488 e. The zero-order chi connectivity index (χ0) is 24.5. The van der Waals surface area contributed by atoms with Gasteiger partial charge in [-0.15, -0.1) is 0 Å². The van der Waals surface area contributed by atoms with Gasteiger partial charge in [-0.2, -0.15) is 5.26 Å². The summed E-state index contributed by atoms with van der Waals surface area (Å²) in [6.45, 7) is 4.66. The summed E-state index contributed by atoms with van der Waals surface area (Å²) in [5, 5.41) is 10.9. The third kappa shape index (κ3) is 4.26. The molecule has 0 aliphatic carbocycles. The van der Waals surface area contributed by atoms with E-state index in [2.05, 4.69) is 6.07 Å². The van der Waals surface area contributed by atoms with Crippen molar-refractivity contribution < 1.29 is 13.9 Å². The molecule has 0 N–H and O–H groups in total. The van der Waals surface area contributed by atoms with Crippen LogP contribution in [0.25, 0.3) is 10.9 Å². The number of pyridine rings is 1. The van der Waals surface area contributed by atoms with Gasteiger partial charge in [-0.3, -0.25) is 9.59 Å². The first-order valence-corrected chi connectivity index (χ1v) is 11.6. The fraction of sp³-hybridized carbons (Fsp3) is 0.296. The van der Waals surface area contributed by atoms with Crippen LogP contribution in [0.1, 0.15) is 23.1 Å². The molecule has 2 aromatic carbocycles. The molecule has 0 spiro atoms. The molecule has 7 nitrogen and oxygen atoms in total. The number of amides is 1. The third-order valence-corrected chi connectivity index (χ3v) is 6.56. The van der Waals surface area contributed by atoms with Gasteiger partial charge in [-0.1, -0.05) is 23.8 Å². The lowest BCUT2D eigenvalue weighted by molar-refractivity contribution is -0.130. The first-order chi connectivity index (χ1) is 17.0. The lowest BCUT2D eigenvalue weighted by Gasteiger charge is -2.37. The van der Waals surface area contributed by atoms with Crippen molar-refractivity contribution in [2.75, 3.05) is 37.7 Å². The van der Waals surface area contributed by atoms with Gasteiger partial charge >= 0.3 is 0 Å². The minimum Gasteiger partial charge on any atom is -0.488 e. The summed E-state index contributed by atoms with van der Waals surface area (Å²) in [5.74, 6) is -0.0539. The number of hydrogen-bond donors (Lipinski definition) is 0. The van der Waals surface area contributed by atoms with E-state index in [1.807, 2.05) is 36.1 Å². The Morgan fingerprint density at radius 2 is 1.86 bits per heavy atom. The molecule has 1 saturated heterocycles. The summed E-state index contributed by atoms with van der Waals surface area (Å²) in [6.07, 6.45) is 2.56. The Balaban J connectivity index is 1.53. The molecule has 0 atom stereocenters. The fourth-order valence-corrected chi connectivity index (χ4v) is 4.77. The molecule has 0 saturated carbocycles. The molecule has 1 fully saturated rings. The van der Waals surface area contributed by atoms with Crippen LogP contribution < -0.4 is 10.5 Å². The molecule has 35 heavy (non-hydrogen) atoms. The molecule has 1 amide bonds. The second-order valence-corrected chi connectivity index (χ2v) is 8.86. The van der Waals surface area contributed by atoms with Crippen LogP contribution in [0.15, 0.2) is 59.1 Å². The SMILES string of the molecule is Cc1ccc2c(c1)c(N1CCN(C(=O)C3=CCCO3)CC1)c(C#N)c(=O)n2Cc1ccc(F)cc1. The predicted octanol–water partition coefficient (Wildman–Crippen LogP) is 3.32. The quantitative estimate of drug-likeness (QED) is 0.582. The van der Waals surface area contributed by atoms with Crippen LogP contribution in [0.4, 0.5) is 10.1 Å². The second-order valence-electron chi connectivity index (χ2n) is 8.86. The number of aromatic nitrogens is 1. The van der Waals surface area contributed by atoms with Crippen molar-refractivity contribution in [2.24, 2.45) is 0 Å². The first-order valence-electron chi connectivity index (χ1n) is 11.6. The Kier molecular flexibility index (Phi) is 6.00. The van der Waals surface area contributed by atoms with Gasteiger partial charge in [0.2, 0.25) is 0 Å². The van der Waals surface area contributed by atoms with E-state index in [-0.39, 0.29) is 29.4 Å². The molecule has 178 valence electrons. The Bertz CT molecular complexity index is 1430. The van der Waals surface area contributed by atoms with E-state index >= 15 is 0 Å². The zero-order valence-corrected chi connectivity index (χ0v) is 19.5. The number of piperazine rings is 1. The van der Waals surface area contributed by atoms with Crippen LogP contribution in [0, 0.1) is 24.1 Å². The summed E-state index contributed by atoms with van der Waals surface area (Å²) in [5.41, 5.74) is 2.78. The number of halogens is 1. The van der Waals surface area contributed by atoms with Gasteiger partial charge in [0.05, 0.1) is 24.4 Å². The van der Waals surface area contributed by atoms with Crippen LogP contribution in [-0.4, -0.2) is 48.2 Å². The fourth-order valence-electron chi connectivity index (χ4n) is 4.77. The third-order valence-electron chi connectivity index (χ3n) is 6.56. The highest BCUT2D eigenvalue weighted by Gasteiger charge is 2.29. The Labute approximate surface area is 202 Å². The van der Waals surface area contributed by atoms with Crippen LogP contribution in [0.5, 0.6) is 0 Å². The van der Waals surface area contributed by atoms with E-state index in [9.17, 15) is 19.2 Å². The van der Waals surface area contributed by atoms with Crippen molar-refractivity contribution in [1.82, 2.24) is 9.47 Å². The monoisotopic (exact) mass is 472 g/mol. The summed E-state index contributed by atoms with van der Waals surface area (Å²) in [4.78, 5) is 30.0. The molecule has 0 bridgehead atoms. The second kappa shape index (κ2) is 9.26.